The first kappa shape index (κ1) is 21.9. The van der Waals surface area contributed by atoms with Crippen LogP contribution in [0.5, 0.6) is 0 Å². The molecular formula is C26H33N5O2. The molecule has 1 aromatic carbocycles. The van der Waals surface area contributed by atoms with Crippen molar-refractivity contribution in [2.75, 3.05) is 31.2 Å². The summed E-state index contributed by atoms with van der Waals surface area (Å²) in [5.74, 6) is 2.01. The Morgan fingerprint density at radius 3 is 2.61 bits per heavy atom. The predicted octanol–water partition coefficient (Wildman–Crippen LogP) is 3.72. The topological polar surface area (TPSA) is 72.3 Å². The molecule has 2 fully saturated rings. The van der Waals surface area contributed by atoms with Crippen LogP contribution in [0.15, 0.2) is 30.5 Å². The van der Waals surface area contributed by atoms with Crippen molar-refractivity contribution in [1.29, 1.82) is 0 Å². The second-order valence-electron chi connectivity index (χ2n) is 9.38. The highest BCUT2D eigenvalue weighted by atomic mass is 16.5. The smallest absolute Gasteiger partial charge is 0.223 e. The van der Waals surface area contributed by atoms with Gasteiger partial charge in [-0.15, -0.1) is 0 Å². The van der Waals surface area contributed by atoms with Crippen LogP contribution in [0.1, 0.15) is 42.9 Å². The van der Waals surface area contributed by atoms with E-state index in [0.29, 0.717) is 6.61 Å². The van der Waals surface area contributed by atoms with Crippen molar-refractivity contribution in [2.24, 2.45) is 5.92 Å². The number of pyridine rings is 1. The Labute approximate surface area is 195 Å². The molecule has 7 heteroatoms. The number of carbonyl (C=O) groups excluding carboxylic acids is 1. The van der Waals surface area contributed by atoms with E-state index in [4.69, 9.17) is 14.7 Å². The third-order valence-corrected chi connectivity index (χ3v) is 7.12. The maximum Gasteiger partial charge on any atom is 0.223 e. The Hall–Kier alpha value is -2.93. The Morgan fingerprint density at radius 2 is 1.94 bits per heavy atom. The monoisotopic (exact) mass is 447 g/mol. The molecule has 1 atom stereocenters. The second kappa shape index (κ2) is 9.14. The van der Waals surface area contributed by atoms with Gasteiger partial charge in [0.1, 0.15) is 5.82 Å². The van der Waals surface area contributed by atoms with E-state index in [2.05, 4.69) is 59.8 Å². The number of nitrogens with one attached hydrogen (secondary N) is 1. The fourth-order valence-electron chi connectivity index (χ4n) is 4.82. The number of hydrogen-bond donors (Lipinski definition) is 1. The summed E-state index contributed by atoms with van der Waals surface area (Å²) in [5, 5.41) is 3.17. The molecule has 0 aliphatic carbocycles. The van der Waals surface area contributed by atoms with Crippen LogP contribution in [-0.2, 0) is 16.0 Å². The average Bonchev–Trinajstić information content (AvgIpc) is 3.47. The van der Waals surface area contributed by atoms with Gasteiger partial charge in [0.15, 0.2) is 0 Å². The zero-order valence-corrected chi connectivity index (χ0v) is 19.8. The van der Waals surface area contributed by atoms with Gasteiger partial charge in [0.05, 0.1) is 23.7 Å². The molecular weight excluding hydrogens is 414 g/mol. The molecule has 5 rings (SSSR count). The number of rotatable bonds is 5. The highest BCUT2D eigenvalue weighted by Gasteiger charge is 2.30. The highest BCUT2D eigenvalue weighted by Crippen LogP contribution is 2.31. The van der Waals surface area contributed by atoms with Gasteiger partial charge in [-0.2, -0.15) is 0 Å². The quantitative estimate of drug-likeness (QED) is 0.645. The van der Waals surface area contributed by atoms with Crippen molar-refractivity contribution in [3.8, 4) is 5.82 Å². The van der Waals surface area contributed by atoms with Crippen LogP contribution in [0.3, 0.4) is 0 Å². The summed E-state index contributed by atoms with van der Waals surface area (Å²) in [7, 11) is 0. The fourth-order valence-corrected chi connectivity index (χ4v) is 4.82. The number of piperidine rings is 1. The maximum absolute atomic E-state index is 12.7. The summed E-state index contributed by atoms with van der Waals surface area (Å²) in [6.45, 7) is 9.38. The third-order valence-electron chi connectivity index (χ3n) is 7.12. The molecule has 33 heavy (non-hydrogen) atoms. The number of amides is 1. The molecule has 0 radical (unpaired) electrons. The summed E-state index contributed by atoms with van der Waals surface area (Å²) >= 11 is 0. The maximum atomic E-state index is 12.7. The molecule has 2 aliphatic heterocycles. The van der Waals surface area contributed by atoms with Gasteiger partial charge >= 0.3 is 0 Å². The van der Waals surface area contributed by atoms with Gasteiger partial charge in [0.2, 0.25) is 11.9 Å². The van der Waals surface area contributed by atoms with Crippen LogP contribution in [0.2, 0.25) is 0 Å². The van der Waals surface area contributed by atoms with Gasteiger partial charge in [-0.25, -0.2) is 9.97 Å². The lowest BCUT2D eigenvalue weighted by Gasteiger charge is -2.32. The van der Waals surface area contributed by atoms with Crippen LogP contribution < -0.4 is 10.2 Å². The predicted molar refractivity (Wildman–Crippen MR) is 130 cm³/mol. The SMILES string of the molecule is CCc1ccc(-n2c(N3CCC(C(=O)N[C@@H]4CCOC4)CC3)nc3cc(C)c(C)cc32)nc1. The molecule has 2 aromatic heterocycles. The summed E-state index contributed by atoms with van der Waals surface area (Å²) in [6.07, 6.45) is 5.48. The number of ether oxygens (including phenoxy) is 1. The molecule has 174 valence electrons. The van der Waals surface area contributed by atoms with E-state index in [0.717, 1.165) is 68.2 Å². The van der Waals surface area contributed by atoms with Crippen LogP contribution >= 0.6 is 0 Å². The van der Waals surface area contributed by atoms with Crippen molar-refractivity contribution < 1.29 is 9.53 Å². The molecule has 0 unspecified atom stereocenters. The zero-order valence-electron chi connectivity index (χ0n) is 19.8. The van der Waals surface area contributed by atoms with E-state index >= 15 is 0 Å². The van der Waals surface area contributed by atoms with Gasteiger partial charge in [-0.05, 0) is 74.4 Å². The van der Waals surface area contributed by atoms with Crippen LogP contribution in [0.25, 0.3) is 16.9 Å². The minimum Gasteiger partial charge on any atom is -0.379 e. The number of carbonyl (C=O) groups is 1. The average molecular weight is 448 g/mol. The lowest BCUT2D eigenvalue weighted by molar-refractivity contribution is -0.126. The first-order valence-corrected chi connectivity index (χ1v) is 12.1. The minimum absolute atomic E-state index is 0.0473. The van der Waals surface area contributed by atoms with Crippen LogP contribution in [0, 0.1) is 19.8 Å². The standard InChI is InChI=1S/C26H33N5O2/c1-4-19-5-6-24(27-15-19)31-23-14-18(3)17(2)13-22(23)29-26(31)30-10-7-20(8-11-30)25(32)28-21-9-12-33-16-21/h5-6,13-15,20-21H,4,7-12,16H2,1-3H3,(H,28,32)/t21-/m1/s1. The number of benzene rings is 1. The molecule has 1 N–H and O–H groups in total. The van der Waals surface area contributed by atoms with Gasteiger partial charge in [-0.1, -0.05) is 13.0 Å². The van der Waals surface area contributed by atoms with Gasteiger partial charge in [0, 0.05) is 31.8 Å². The molecule has 0 spiro atoms. The van der Waals surface area contributed by atoms with Gasteiger partial charge < -0.3 is 15.0 Å². The molecule has 7 nitrogen and oxygen atoms in total. The van der Waals surface area contributed by atoms with Crippen molar-refractivity contribution in [3.05, 3.63) is 47.2 Å². The number of aromatic nitrogens is 3. The molecule has 2 aliphatic rings. The molecule has 0 bridgehead atoms. The van der Waals surface area contributed by atoms with E-state index in [1.165, 1.54) is 16.7 Å². The van der Waals surface area contributed by atoms with Crippen LogP contribution in [-0.4, -0.2) is 52.8 Å². The number of anilines is 1. The largest absolute Gasteiger partial charge is 0.379 e. The first-order valence-electron chi connectivity index (χ1n) is 12.1. The third kappa shape index (κ3) is 4.34. The molecule has 1 amide bonds. The number of fused-ring (bicyclic) bond motifs is 1. The van der Waals surface area contributed by atoms with E-state index in [-0.39, 0.29) is 17.9 Å². The lowest BCUT2D eigenvalue weighted by Crippen LogP contribution is -2.44. The Bertz CT molecular complexity index is 1140. The van der Waals surface area contributed by atoms with E-state index in [1.54, 1.807) is 0 Å². The van der Waals surface area contributed by atoms with Crippen molar-refractivity contribution in [2.45, 2.75) is 52.5 Å². The molecule has 3 aromatic rings. The Morgan fingerprint density at radius 1 is 1.15 bits per heavy atom. The summed E-state index contributed by atoms with van der Waals surface area (Å²) < 4.78 is 7.57. The van der Waals surface area contributed by atoms with E-state index < -0.39 is 0 Å². The molecule has 0 saturated carbocycles. The fraction of sp³-hybridized carbons (Fsp3) is 0.500. The van der Waals surface area contributed by atoms with E-state index in [1.807, 2.05) is 6.20 Å². The summed E-state index contributed by atoms with van der Waals surface area (Å²) in [4.78, 5) is 24.9. The van der Waals surface area contributed by atoms with Crippen molar-refractivity contribution in [1.82, 2.24) is 19.9 Å². The summed E-state index contributed by atoms with van der Waals surface area (Å²) in [5.41, 5.74) is 5.75. The first-order chi connectivity index (χ1) is 16.0. The normalized spacial score (nSPS) is 19.4. The number of aryl methyl sites for hydroxylation is 3. The minimum atomic E-state index is 0.0473. The molecule has 4 heterocycles. The second-order valence-corrected chi connectivity index (χ2v) is 9.38. The highest BCUT2D eigenvalue weighted by molar-refractivity contribution is 5.83. The molecule has 2 saturated heterocycles. The van der Waals surface area contributed by atoms with Gasteiger partial charge in [-0.3, -0.25) is 9.36 Å². The zero-order chi connectivity index (χ0) is 22.9. The Balaban J connectivity index is 1.42. The van der Waals surface area contributed by atoms with Gasteiger partial charge in [0.25, 0.3) is 0 Å². The number of hydrogen-bond acceptors (Lipinski definition) is 5. The van der Waals surface area contributed by atoms with Crippen molar-refractivity contribution >= 4 is 22.9 Å². The summed E-state index contributed by atoms with van der Waals surface area (Å²) in [6, 6.07) is 8.77. The lowest BCUT2D eigenvalue weighted by atomic mass is 9.95. The number of imidazole rings is 1. The van der Waals surface area contributed by atoms with Crippen LogP contribution in [0.4, 0.5) is 5.95 Å². The van der Waals surface area contributed by atoms with Crippen molar-refractivity contribution in [3.63, 3.8) is 0 Å². The Kier molecular flexibility index (Phi) is 6.06. The van der Waals surface area contributed by atoms with E-state index in [9.17, 15) is 4.79 Å². The number of nitrogens with zero attached hydrogens (tertiary/aromatic N) is 4.